The van der Waals surface area contributed by atoms with Gasteiger partial charge in [-0.15, -0.1) is 22.7 Å². The molecule has 0 spiro atoms. The molecule has 0 aliphatic carbocycles. The minimum absolute atomic E-state index is 0.0989. The first-order valence-electron chi connectivity index (χ1n) is 5.81. The van der Waals surface area contributed by atoms with Crippen LogP contribution in [0.3, 0.4) is 0 Å². The van der Waals surface area contributed by atoms with Gasteiger partial charge in [-0.25, -0.2) is 9.78 Å². The van der Waals surface area contributed by atoms with Crippen LogP contribution >= 0.6 is 54.5 Å². The quantitative estimate of drug-likeness (QED) is 0.558. The first-order chi connectivity index (χ1) is 10.1. The van der Waals surface area contributed by atoms with Gasteiger partial charge in [0.2, 0.25) is 0 Å². The van der Waals surface area contributed by atoms with Gasteiger partial charge in [-0.3, -0.25) is 0 Å². The maximum atomic E-state index is 11.4. The summed E-state index contributed by atoms with van der Waals surface area (Å²) < 4.78 is 1.90. The summed E-state index contributed by atoms with van der Waals surface area (Å²) in [5.74, 6) is -1.01. The normalized spacial score (nSPS) is 10.8. The molecule has 0 bridgehead atoms. The van der Waals surface area contributed by atoms with E-state index in [1.807, 2.05) is 36.4 Å². The number of benzene rings is 1. The largest absolute Gasteiger partial charge is 0.476 e. The van der Waals surface area contributed by atoms with Crippen molar-refractivity contribution in [3.8, 4) is 20.3 Å². The standard InChI is InChI=1S/C14H7Br2NO2S2/c15-8-6-9(20-12(8)16)13-17-10(14(18)19)11(21-13)7-4-2-1-3-5-7/h1-6H,(H,18,19). The number of aromatic nitrogens is 1. The second kappa shape index (κ2) is 6.00. The van der Waals surface area contributed by atoms with Gasteiger partial charge in [0.25, 0.3) is 0 Å². The molecule has 0 radical (unpaired) electrons. The van der Waals surface area contributed by atoms with E-state index in [2.05, 4.69) is 36.8 Å². The SMILES string of the molecule is O=C(O)c1nc(-c2cc(Br)c(Br)s2)sc1-c1ccccc1. The number of carboxylic acid groups (broad SMARTS) is 1. The van der Waals surface area contributed by atoms with Crippen LogP contribution in [-0.4, -0.2) is 16.1 Å². The molecule has 7 heteroatoms. The number of carboxylic acids is 1. The zero-order valence-corrected chi connectivity index (χ0v) is 15.1. The Morgan fingerprint density at radius 3 is 2.43 bits per heavy atom. The number of hydrogen-bond acceptors (Lipinski definition) is 4. The van der Waals surface area contributed by atoms with E-state index in [9.17, 15) is 9.90 Å². The maximum Gasteiger partial charge on any atom is 0.356 e. The number of rotatable bonds is 3. The summed E-state index contributed by atoms with van der Waals surface area (Å²) in [4.78, 5) is 17.4. The number of hydrogen-bond donors (Lipinski definition) is 1. The van der Waals surface area contributed by atoms with E-state index in [1.165, 1.54) is 22.7 Å². The molecule has 0 aliphatic rings. The Morgan fingerprint density at radius 2 is 1.86 bits per heavy atom. The molecule has 1 N–H and O–H groups in total. The minimum Gasteiger partial charge on any atom is -0.476 e. The third-order valence-corrected chi connectivity index (χ3v) is 7.25. The van der Waals surface area contributed by atoms with Gasteiger partial charge in [0, 0.05) is 4.47 Å². The van der Waals surface area contributed by atoms with E-state index >= 15 is 0 Å². The van der Waals surface area contributed by atoms with Crippen LogP contribution in [0.2, 0.25) is 0 Å². The Hall–Kier alpha value is -1.02. The number of thiazole rings is 1. The lowest BCUT2D eigenvalue weighted by molar-refractivity contribution is 0.0692. The molecule has 3 rings (SSSR count). The van der Waals surface area contributed by atoms with Gasteiger partial charge < -0.3 is 5.11 Å². The molecule has 106 valence electrons. The van der Waals surface area contributed by atoms with Crippen molar-refractivity contribution in [1.82, 2.24) is 4.98 Å². The summed E-state index contributed by atoms with van der Waals surface area (Å²) in [6.45, 7) is 0. The lowest BCUT2D eigenvalue weighted by Gasteiger charge is -1.97. The summed E-state index contributed by atoms with van der Waals surface area (Å²) in [7, 11) is 0. The topological polar surface area (TPSA) is 50.2 Å². The van der Waals surface area contributed by atoms with Crippen LogP contribution in [0, 0.1) is 0 Å². The lowest BCUT2D eigenvalue weighted by atomic mass is 10.1. The average molecular weight is 445 g/mol. The molecule has 2 aromatic heterocycles. The van der Waals surface area contributed by atoms with Gasteiger partial charge in [-0.2, -0.15) is 0 Å². The van der Waals surface area contributed by atoms with E-state index in [4.69, 9.17) is 0 Å². The van der Waals surface area contributed by atoms with Crippen LogP contribution in [0.15, 0.2) is 44.7 Å². The molecule has 0 aliphatic heterocycles. The Balaban J connectivity index is 2.15. The molecule has 3 nitrogen and oxygen atoms in total. The number of halogens is 2. The number of thiophene rings is 1. The number of aromatic carboxylic acids is 1. The van der Waals surface area contributed by atoms with Crippen LogP contribution in [0.1, 0.15) is 10.5 Å². The van der Waals surface area contributed by atoms with Gasteiger partial charge in [0.1, 0.15) is 5.01 Å². The summed E-state index contributed by atoms with van der Waals surface area (Å²) in [5.41, 5.74) is 0.968. The van der Waals surface area contributed by atoms with E-state index in [-0.39, 0.29) is 5.69 Å². The molecule has 0 unspecified atom stereocenters. The predicted octanol–water partition coefficient (Wildman–Crippen LogP) is 5.76. The second-order valence-corrected chi connectivity index (χ2v) is 8.32. The van der Waals surface area contributed by atoms with E-state index in [0.29, 0.717) is 9.88 Å². The fourth-order valence-electron chi connectivity index (χ4n) is 1.81. The van der Waals surface area contributed by atoms with Gasteiger partial charge in [0.15, 0.2) is 5.69 Å². The van der Waals surface area contributed by atoms with Crippen LogP contribution in [0.5, 0.6) is 0 Å². The Morgan fingerprint density at radius 1 is 1.14 bits per heavy atom. The van der Waals surface area contributed by atoms with E-state index in [0.717, 1.165) is 18.7 Å². The van der Waals surface area contributed by atoms with Crippen molar-refractivity contribution in [3.63, 3.8) is 0 Å². The summed E-state index contributed by atoms with van der Waals surface area (Å²) >= 11 is 9.80. The molecule has 0 atom stereocenters. The van der Waals surface area contributed by atoms with Crippen LogP contribution in [0.4, 0.5) is 0 Å². The van der Waals surface area contributed by atoms with Crippen LogP contribution in [-0.2, 0) is 0 Å². The van der Waals surface area contributed by atoms with Crippen molar-refractivity contribution in [2.24, 2.45) is 0 Å². The average Bonchev–Trinajstić information content (AvgIpc) is 3.05. The highest BCUT2D eigenvalue weighted by atomic mass is 79.9. The Labute approximate surface area is 145 Å². The molecule has 21 heavy (non-hydrogen) atoms. The monoisotopic (exact) mass is 443 g/mol. The highest BCUT2D eigenvalue weighted by Crippen LogP contribution is 2.42. The van der Waals surface area contributed by atoms with Crippen molar-refractivity contribution in [1.29, 1.82) is 0 Å². The van der Waals surface area contributed by atoms with Gasteiger partial charge >= 0.3 is 5.97 Å². The molecule has 2 heterocycles. The molecular formula is C14H7Br2NO2S2. The molecule has 0 fully saturated rings. The van der Waals surface area contributed by atoms with Crippen molar-refractivity contribution in [2.75, 3.05) is 0 Å². The first kappa shape index (κ1) is 14.9. The van der Waals surface area contributed by atoms with E-state index in [1.54, 1.807) is 0 Å². The summed E-state index contributed by atoms with van der Waals surface area (Å²) in [6.07, 6.45) is 0. The number of nitrogens with zero attached hydrogens (tertiary/aromatic N) is 1. The fourth-order valence-corrected chi connectivity index (χ4v) is 4.95. The van der Waals surface area contributed by atoms with Crippen LogP contribution in [0.25, 0.3) is 20.3 Å². The molecule has 0 saturated carbocycles. The molecule has 0 saturated heterocycles. The fraction of sp³-hybridized carbons (Fsp3) is 0. The molecule has 1 aromatic carbocycles. The first-order valence-corrected chi connectivity index (χ1v) is 9.03. The van der Waals surface area contributed by atoms with Crippen molar-refractivity contribution < 1.29 is 9.90 Å². The third kappa shape index (κ3) is 2.96. The zero-order chi connectivity index (χ0) is 15.0. The van der Waals surface area contributed by atoms with Crippen molar-refractivity contribution in [2.45, 2.75) is 0 Å². The summed E-state index contributed by atoms with van der Waals surface area (Å²) in [5, 5.41) is 10.1. The molecule has 0 amide bonds. The Kier molecular flexibility index (Phi) is 4.26. The lowest BCUT2D eigenvalue weighted by Crippen LogP contribution is -1.98. The molecular weight excluding hydrogens is 438 g/mol. The predicted molar refractivity (Wildman–Crippen MR) is 93.2 cm³/mol. The van der Waals surface area contributed by atoms with Gasteiger partial charge in [-0.1, -0.05) is 30.3 Å². The maximum absolute atomic E-state index is 11.4. The zero-order valence-electron chi connectivity index (χ0n) is 10.3. The minimum atomic E-state index is -1.01. The smallest absolute Gasteiger partial charge is 0.356 e. The van der Waals surface area contributed by atoms with Crippen molar-refractivity contribution >= 4 is 60.5 Å². The van der Waals surface area contributed by atoms with Gasteiger partial charge in [0.05, 0.1) is 13.5 Å². The highest BCUT2D eigenvalue weighted by Gasteiger charge is 2.20. The summed E-state index contributed by atoms with van der Waals surface area (Å²) in [6, 6.07) is 11.4. The van der Waals surface area contributed by atoms with Crippen LogP contribution < -0.4 is 0 Å². The van der Waals surface area contributed by atoms with Gasteiger partial charge in [-0.05, 0) is 43.5 Å². The van der Waals surface area contributed by atoms with E-state index < -0.39 is 5.97 Å². The molecule has 3 aromatic rings. The second-order valence-electron chi connectivity index (χ2n) is 4.10. The third-order valence-electron chi connectivity index (χ3n) is 2.72. The van der Waals surface area contributed by atoms with Crippen molar-refractivity contribution in [3.05, 3.63) is 50.4 Å². The Bertz CT molecular complexity index is 792. The number of carbonyl (C=O) groups is 1. The highest BCUT2D eigenvalue weighted by molar-refractivity contribution is 9.13.